The van der Waals surface area contributed by atoms with Crippen molar-refractivity contribution in [3.8, 4) is 11.1 Å². The van der Waals surface area contributed by atoms with E-state index in [1.807, 2.05) is 30.3 Å². The molecule has 1 aliphatic rings. The minimum absolute atomic E-state index is 0.0855. The lowest BCUT2D eigenvalue weighted by Crippen LogP contribution is -2.52. The Hall–Kier alpha value is -5.17. The van der Waals surface area contributed by atoms with Crippen LogP contribution in [0.1, 0.15) is 11.1 Å². The monoisotopic (exact) mass is 641 g/mol. The van der Waals surface area contributed by atoms with Gasteiger partial charge in [-0.1, -0.05) is 54.1 Å². The Labute approximate surface area is 261 Å². The molecular formula is C34H24F3N4O4S+. The average molecular weight is 642 g/mol. The van der Waals surface area contributed by atoms with Gasteiger partial charge in [0.25, 0.3) is 0 Å². The molecule has 0 aliphatic carbocycles. The summed E-state index contributed by atoms with van der Waals surface area (Å²) in [6.07, 6.45) is -1.98. The maximum absolute atomic E-state index is 14.6. The molecule has 46 heavy (non-hydrogen) atoms. The Bertz CT molecular complexity index is 2310. The molecular weight excluding hydrogens is 617 g/mol. The van der Waals surface area contributed by atoms with E-state index >= 15 is 0 Å². The fraction of sp³-hybridized carbons (Fsp3) is 0.0882. The summed E-state index contributed by atoms with van der Waals surface area (Å²) in [6, 6.07) is 23.4. The number of fused-ring (bicyclic) bond motifs is 4. The van der Waals surface area contributed by atoms with Crippen LogP contribution < -0.4 is 9.55 Å². The van der Waals surface area contributed by atoms with Gasteiger partial charge in [-0.05, 0) is 63.9 Å². The van der Waals surface area contributed by atoms with E-state index in [1.54, 1.807) is 31.3 Å². The van der Waals surface area contributed by atoms with Crippen molar-refractivity contribution >= 4 is 55.0 Å². The SMILES string of the molecule is Cc1ccc(S(=O)(=O)O[N+]2(c3ccccc3C(F)(F)F)C(=O)N(C)c3cnc4ccc(-c5cnc6ccccc6c5)cc4c32)cc1. The van der Waals surface area contributed by atoms with Crippen LogP contribution in [0.5, 0.6) is 0 Å². The van der Waals surface area contributed by atoms with Crippen molar-refractivity contribution in [1.82, 2.24) is 14.6 Å². The zero-order valence-corrected chi connectivity index (χ0v) is 25.2. The first kappa shape index (κ1) is 29.5. The highest BCUT2D eigenvalue weighted by molar-refractivity contribution is 7.86. The van der Waals surface area contributed by atoms with Gasteiger partial charge in [-0.25, -0.2) is 4.79 Å². The van der Waals surface area contributed by atoms with Gasteiger partial charge in [0.2, 0.25) is 5.69 Å². The summed E-state index contributed by atoms with van der Waals surface area (Å²) in [7, 11) is -3.52. The summed E-state index contributed by atoms with van der Waals surface area (Å²) in [5.74, 6) is 0. The molecule has 6 aromatic rings. The van der Waals surface area contributed by atoms with Crippen molar-refractivity contribution < 1.29 is 30.7 Å². The second-order valence-corrected chi connectivity index (χ2v) is 12.5. The van der Waals surface area contributed by atoms with E-state index in [4.69, 9.17) is 4.28 Å². The van der Waals surface area contributed by atoms with Crippen molar-refractivity contribution in [3.05, 3.63) is 121 Å². The molecule has 2 aromatic heterocycles. The van der Waals surface area contributed by atoms with Gasteiger partial charge in [0.15, 0.2) is 5.69 Å². The average Bonchev–Trinajstić information content (AvgIpc) is 3.26. The molecule has 0 bridgehead atoms. The smallest absolute Gasteiger partial charge is 0.256 e. The predicted octanol–water partition coefficient (Wildman–Crippen LogP) is 8.31. The number of pyridine rings is 2. The number of rotatable bonds is 5. The molecule has 1 atom stereocenters. The van der Waals surface area contributed by atoms with E-state index in [-0.39, 0.29) is 21.7 Å². The highest BCUT2D eigenvalue weighted by Crippen LogP contribution is 2.55. The third kappa shape index (κ3) is 4.61. The van der Waals surface area contributed by atoms with Gasteiger partial charge in [0, 0.05) is 30.3 Å². The van der Waals surface area contributed by atoms with Crippen LogP contribution in [0.3, 0.4) is 0 Å². The maximum atomic E-state index is 14.6. The number of hydroxylamine groups is 1. The normalized spacial score (nSPS) is 16.7. The Morgan fingerprint density at radius 3 is 2.26 bits per heavy atom. The molecule has 7 rings (SSSR count). The van der Waals surface area contributed by atoms with E-state index in [0.29, 0.717) is 16.6 Å². The Balaban J connectivity index is 1.55. The molecule has 0 saturated heterocycles. The molecule has 8 nitrogen and oxygen atoms in total. The number of halogens is 3. The lowest BCUT2D eigenvalue weighted by atomic mass is 10.0. The minimum atomic E-state index is -4.97. The molecule has 230 valence electrons. The summed E-state index contributed by atoms with van der Waals surface area (Å²) in [5.41, 5.74) is 1.15. The summed E-state index contributed by atoms with van der Waals surface area (Å²) in [4.78, 5) is 24.1. The van der Waals surface area contributed by atoms with Gasteiger partial charge < -0.3 is 0 Å². The number of urea groups is 1. The Kier molecular flexibility index (Phi) is 6.71. The summed E-state index contributed by atoms with van der Waals surface area (Å²) in [5, 5.41) is 1.08. The van der Waals surface area contributed by atoms with Crippen molar-refractivity contribution in [3.63, 3.8) is 0 Å². The number of nitrogens with zero attached hydrogens (tertiary/aromatic N) is 4. The van der Waals surface area contributed by atoms with Crippen LogP contribution in [0.15, 0.2) is 114 Å². The molecule has 1 aliphatic heterocycles. The first-order chi connectivity index (χ1) is 21.9. The number of aromatic nitrogens is 2. The molecule has 0 radical (unpaired) electrons. The highest BCUT2D eigenvalue weighted by Gasteiger charge is 2.62. The van der Waals surface area contributed by atoms with Crippen molar-refractivity contribution in [2.45, 2.75) is 18.0 Å². The van der Waals surface area contributed by atoms with Crippen LogP contribution >= 0.6 is 0 Å². The van der Waals surface area contributed by atoms with Crippen molar-refractivity contribution in [1.29, 1.82) is 0 Å². The molecule has 0 fully saturated rings. The molecule has 3 heterocycles. The molecule has 1 unspecified atom stereocenters. The Morgan fingerprint density at radius 1 is 0.804 bits per heavy atom. The van der Waals surface area contributed by atoms with Crippen LogP contribution in [-0.4, -0.2) is 31.5 Å². The van der Waals surface area contributed by atoms with Gasteiger partial charge in [0.1, 0.15) is 11.3 Å². The molecule has 0 spiro atoms. The highest BCUT2D eigenvalue weighted by atomic mass is 32.2. The number of hydrogen-bond acceptors (Lipinski definition) is 6. The zero-order valence-electron chi connectivity index (χ0n) is 24.4. The summed E-state index contributed by atoms with van der Waals surface area (Å²) < 4.78 is 75.9. The van der Waals surface area contributed by atoms with Crippen LogP contribution in [0.2, 0.25) is 0 Å². The van der Waals surface area contributed by atoms with E-state index in [2.05, 4.69) is 9.97 Å². The van der Waals surface area contributed by atoms with Gasteiger partial charge >= 0.3 is 22.3 Å². The standard InChI is InChI=1S/C34H24F3N4O4S/c1-21-11-14-25(15-12-21)46(43,44)45-41(31-10-6-4-8-27(31)34(35,36)37)32-26-18-22(24-17-23-7-3-5-9-28(23)38-19-24)13-16-29(26)39-20-30(32)40(2)33(41)42/h3-20H,1-2H3/q+1. The molecule has 0 N–H and O–H groups in total. The number of aryl methyl sites for hydroxylation is 1. The number of amides is 2. The first-order valence-corrected chi connectivity index (χ1v) is 15.5. The largest absolute Gasteiger partial charge is 0.468 e. The number of carbonyl (C=O) groups is 1. The van der Waals surface area contributed by atoms with Gasteiger partial charge in [-0.3, -0.25) is 14.9 Å². The van der Waals surface area contributed by atoms with Crippen LogP contribution in [-0.2, 0) is 20.6 Å². The fourth-order valence-corrected chi connectivity index (χ4v) is 6.85. The van der Waals surface area contributed by atoms with Gasteiger partial charge in [-0.15, -0.1) is 0 Å². The van der Waals surface area contributed by atoms with E-state index in [9.17, 15) is 26.4 Å². The number of alkyl halides is 3. The first-order valence-electron chi connectivity index (χ1n) is 14.1. The molecule has 4 aromatic carbocycles. The van der Waals surface area contributed by atoms with E-state index in [1.165, 1.54) is 43.6 Å². The number of benzene rings is 4. The number of quaternary nitrogens is 1. The maximum Gasteiger partial charge on any atom is 0.468 e. The van der Waals surface area contributed by atoms with Crippen LogP contribution in [0, 0.1) is 6.92 Å². The van der Waals surface area contributed by atoms with Gasteiger partial charge in [0.05, 0.1) is 27.5 Å². The minimum Gasteiger partial charge on any atom is -0.256 e. The fourth-order valence-electron chi connectivity index (χ4n) is 5.78. The topological polar surface area (TPSA) is 89.5 Å². The zero-order chi connectivity index (χ0) is 32.4. The third-order valence-corrected chi connectivity index (χ3v) is 9.31. The number of carbonyl (C=O) groups excluding carboxylic acids is 1. The second kappa shape index (κ2) is 10.4. The Morgan fingerprint density at radius 2 is 1.50 bits per heavy atom. The number of anilines is 1. The van der Waals surface area contributed by atoms with E-state index in [0.717, 1.165) is 39.6 Å². The predicted molar refractivity (Wildman–Crippen MR) is 169 cm³/mol. The lowest BCUT2D eigenvalue weighted by molar-refractivity contribution is -0.138. The summed E-state index contributed by atoms with van der Waals surface area (Å²) in [6.45, 7) is 1.75. The quantitative estimate of drug-likeness (QED) is 0.176. The van der Waals surface area contributed by atoms with Crippen LogP contribution in [0.4, 0.5) is 35.0 Å². The second-order valence-electron chi connectivity index (χ2n) is 10.9. The van der Waals surface area contributed by atoms with Crippen molar-refractivity contribution in [2.75, 3.05) is 11.9 Å². The number of hydrogen-bond donors (Lipinski definition) is 0. The number of para-hydroxylation sites is 2. The van der Waals surface area contributed by atoms with Gasteiger partial charge in [-0.2, -0.15) is 21.6 Å². The van der Waals surface area contributed by atoms with E-state index < -0.39 is 38.2 Å². The third-order valence-electron chi connectivity index (χ3n) is 8.04. The molecule has 2 amide bonds. The molecule has 12 heteroatoms. The van der Waals surface area contributed by atoms with Crippen LogP contribution in [0.25, 0.3) is 32.9 Å². The summed E-state index contributed by atoms with van der Waals surface area (Å²) >= 11 is 0. The molecule has 0 saturated carbocycles. The van der Waals surface area contributed by atoms with Crippen molar-refractivity contribution in [2.24, 2.45) is 0 Å². The lowest BCUT2D eigenvalue weighted by Gasteiger charge is -2.29.